The Kier molecular flexibility index (Phi) is 3.17. The molecule has 0 unspecified atom stereocenters. The van der Waals surface area contributed by atoms with E-state index in [1.54, 1.807) is 6.08 Å². The molecular formula is C17H11FO2. The van der Waals surface area contributed by atoms with Crippen LogP contribution in [0.2, 0.25) is 0 Å². The zero-order valence-electron chi connectivity index (χ0n) is 10.5. The Morgan fingerprint density at radius 1 is 0.950 bits per heavy atom. The van der Waals surface area contributed by atoms with Crippen LogP contribution >= 0.6 is 0 Å². The summed E-state index contributed by atoms with van der Waals surface area (Å²) in [5, 5.41) is 0.580. The van der Waals surface area contributed by atoms with Gasteiger partial charge in [-0.25, -0.2) is 9.18 Å². The van der Waals surface area contributed by atoms with Crippen molar-refractivity contribution in [2.75, 3.05) is 0 Å². The topological polar surface area (TPSA) is 30.2 Å². The fraction of sp³-hybridized carbons (Fsp3) is 0. The lowest BCUT2D eigenvalue weighted by molar-refractivity contribution is 0.558. The minimum Gasteiger partial charge on any atom is -0.423 e. The van der Waals surface area contributed by atoms with E-state index in [0.29, 0.717) is 16.5 Å². The van der Waals surface area contributed by atoms with Crippen molar-refractivity contribution in [1.29, 1.82) is 0 Å². The molecule has 20 heavy (non-hydrogen) atoms. The highest BCUT2D eigenvalue weighted by Crippen LogP contribution is 2.20. The van der Waals surface area contributed by atoms with Crippen LogP contribution in [0.3, 0.4) is 0 Å². The van der Waals surface area contributed by atoms with Crippen molar-refractivity contribution >= 4 is 23.1 Å². The first-order valence-electron chi connectivity index (χ1n) is 6.19. The van der Waals surface area contributed by atoms with E-state index in [2.05, 4.69) is 0 Å². The summed E-state index contributed by atoms with van der Waals surface area (Å²) in [5.74, 6) is -0.360. The van der Waals surface area contributed by atoms with Crippen molar-refractivity contribution in [2.45, 2.75) is 0 Å². The molecule has 0 atom stereocenters. The Morgan fingerprint density at radius 2 is 1.75 bits per heavy atom. The predicted octanol–water partition coefficient (Wildman–Crippen LogP) is 4.10. The van der Waals surface area contributed by atoms with Gasteiger partial charge in [-0.1, -0.05) is 42.5 Å². The van der Waals surface area contributed by atoms with E-state index in [1.165, 1.54) is 24.3 Å². The zero-order valence-corrected chi connectivity index (χ0v) is 10.5. The maximum atomic E-state index is 13.3. The number of fused-ring (bicyclic) bond motifs is 1. The van der Waals surface area contributed by atoms with Gasteiger partial charge in [0.05, 0.1) is 0 Å². The molecule has 0 bridgehead atoms. The first-order valence-corrected chi connectivity index (χ1v) is 6.19. The molecule has 0 saturated carbocycles. The zero-order chi connectivity index (χ0) is 13.9. The van der Waals surface area contributed by atoms with Crippen LogP contribution in [0.1, 0.15) is 11.1 Å². The summed E-state index contributed by atoms with van der Waals surface area (Å²) in [6.45, 7) is 0. The number of hydrogen-bond acceptors (Lipinski definition) is 2. The van der Waals surface area contributed by atoms with Gasteiger partial charge in [-0.05, 0) is 29.3 Å². The molecule has 0 fully saturated rings. The summed E-state index contributed by atoms with van der Waals surface area (Å²) >= 11 is 0. The molecule has 3 heteroatoms. The largest absolute Gasteiger partial charge is 0.423 e. The molecule has 0 spiro atoms. The van der Waals surface area contributed by atoms with Gasteiger partial charge < -0.3 is 4.42 Å². The van der Waals surface area contributed by atoms with E-state index in [4.69, 9.17) is 4.42 Å². The lowest BCUT2D eigenvalue weighted by Crippen LogP contribution is -1.98. The molecule has 0 N–H and O–H groups in total. The molecule has 0 aliphatic carbocycles. The highest BCUT2D eigenvalue weighted by Gasteiger charge is 2.04. The average Bonchev–Trinajstić information content (AvgIpc) is 2.46. The van der Waals surface area contributed by atoms with Gasteiger partial charge in [0.15, 0.2) is 0 Å². The predicted molar refractivity (Wildman–Crippen MR) is 77.8 cm³/mol. The molecule has 2 aromatic carbocycles. The minimum atomic E-state index is -0.447. The van der Waals surface area contributed by atoms with Gasteiger partial charge >= 0.3 is 5.63 Å². The van der Waals surface area contributed by atoms with Crippen LogP contribution in [0.5, 0.6) is 0 Å². The number of hydrogen-bond donors (Lipinski definition) is 0. The van der Waals surface area contributed by atoms with Crippen LogP contribution in [0.15, 0.2) is 63.8 Å². The summed E-state index contributed by atoms with van der Waals surface area (Å²) in [5.41, 5.74) is 1.58. The Hall–Kier alpha value is -2.68. The quantitative estimate of drug-likeness (QED) is 0.653. The standard InChI is InChI=1S/C17H11FO2/c18-14-8-9-16-15(11-14)13(10-17(19)20-16)7-6-12-4-2-1-3-5-12/h1-11H/b7-6+. The maximum absolute atomic E-state index is 13.3. The first kappa shape index (κ1) is 12.4. The van der Waals surface area contributed by atoms with E-state index in [9.17, 15) is 9.18 Å². The van der Waals surface area contributed by atoms with Crippen molar-refractivity contribution in [2.24, 2.45) is 0 Å². The van der Waals surface area contributed by atoms with Crippen molar-refractivity contribution in [3.8, 4) is 0 Å². The smallest absolute Gasteiger partial charge is 0.336 e. The highest BCUT2D eigenvalue weighted by atomic mass is 19.1. The van der Waals surface area contributed by atoms with E-state index in [1.807, 2.05) is 36.4 Å². The van der Waals surface area contributed by atoms with Crippen molar-refractivity contribution < 1.29 is 8.81 Å². The number of halogens is 1. The number of benzene rings is 2. The second kappa shape index (κ2) is 5.13. The fourth-order valence-corrected chi connectivity index (χ4v) is 2.05. The highest BCUT2D eigenvalue weighted by molar-refractivity contribution is 5.89. The van der Waals surface area contributed by atoms with Crippen LogP contribution in [0, 0.1) is 5.82 Å². The third-order valence-electron chi connectivity index (χ3n) is 2.99. The number of rotatable bonds is 2. The summed E-state index contributed by atoms with van der Waals surface area (Å²) in [6.07, 6.45) is 3.66. The van der Waals surface area contributed by atoms with Crippen LogP contribution in [0.25, 0.3) is 23.1 Å². The van der Waals surface area contributed by atoms with Gasteiger partial charge in [-0.3, -0.25) is 0 Å². The van der Waals surface area contributed by atoms with Crippen molar-refractivity contribution in [1.82, 2.24) is 0 Å². The van der Waals surface area contributed by atoms with Gasteiger partial charge in [0.2, 0.25) is 0 Å². The molecule has 1 heterocycles. The molecule has 3 aromatic rings. The maximum Gasteiger partial charge on any atom is 0.336 e. The molecule has 0 saturated heterocycles. The summed E-state index contributed by atoms with van der Waals surface area (Å²) < 4.78 is 18.4. The van der Waals surface area contributed by atoms with Crippen molar-refractivity contribution in [3.63, 3.8) is 0 Å². The Labute approximate surface area is 114 Å². The summed E-state index contributed by atoms with van der Waals surface area (Å²) in [4.78, 5) is 11.5. The van der Waals surface area contributed by atoms with Crippen LogP contribution in [-0.2, 0) is 0 Å². The van der Waals surface area contributed by atoms with E-state index in [-0.39, 0.29) is 5.82 Å². The Morgan fingerprint density at radius 3 is 2.55 bits per heavy atom. The molecule has 0 radical (unpaired) electrons. The van der Waals surface area contributed by atoms with Crippen molar-refractivity contribution in [3.05, 3.63) is 82.0 Å². The molecule has 3 rings (SSSR count). The van der Waals surface area contributed by atoms with Crippen LogP contribution in [-0.4, -0.2) is 0 Å². The molecule has 2 nitrogen and oxygen atoms in total. The van der Waals surface area contributed by atoms with E-state index < -0.39 is 5.63 Å². The van der Waals surface area contributed by atoms with Crippen LogP contribution in [0.4, 0.5) is 4.39 Å². The first-order chi connectivity index (χ1) is 9.72. The van der Waals surface area contributed by atoms with Gasteiger partial charge in [0.25, 0.3) is 0 Å². The Balaban J connectivity index is 2.13. The fourth-order valence-electron chi connectivity index (χ4n) is 2.05. The molecule has 0 amide bonds. The normalized spacial score (nSPS) is 11.2. The lowest BCUT2D eigenvalue weighted by Gasteiger charge is -2.01. The van der Waals surface area contributed by atoms with Gasteiger partial charge in [0, 0.05) is 11.5 Å². The molecule has 0 aliphatic heterocycles. The second-order valence-electron chi connectivity index (χ2n) is 4.41. The minimum absolute atomic E-state index is 0.360. The Bertz CT molecular complexity index is 832. The average molecular weight is 266 g/mol. The van der Waals surface area contributed by atoms with Gasteiger partial charge in [-0.2, -0.15) is 0 Å². The molecule has 98 valence electrons. The lowest BCUT2D eigenvalue weighted by atomic mass is 10.1. The molecular weight excluding hydrogens is 255 g/mol. The third kappa shape index (κ3) is 2.52. The SMILES string of the molecule is O=c1cc(/C=C/c2ccccc2)c2cc(F)ccc2o1. The van der Waals surface area contributed by atoms with Gasteiger partial charge in [-0.15, -0.1) is 0 Å². The van der Waals surface area contributed by atoms with E-state index >= 15 is 0 Å². The van der Waals surface area contributed by atoms with Gasteiger partial charge in [0.1, 0.15) is 11.4 Å². The molecule has 1 aromatic heterocycles. The summed E-state index contributed by atoms with van der Waals surface area (Å²) in [6, 6.07) is 15.1. The summed E-state index contributed by atoms with van der Waals surface area (Å²) in [7, 11) is 0. The molecule has 0 aliphatic rings. The van der Waals surface area contributed by atoms with E-state index in [0.717, 1.165) is 5.56 Å². The van der Waals surface area contributed by atoms with Crippen LogP contribution < -0.4 is 5.63 Å². The third-order valence-corrected chi connectivity index (χ3v) is 2.99. The monoisotopic (exact) mass is 266 g/mol. The second-order valence-corrected chi connectivity index (χ2v) is 4.41.